The third kappa shape index (κ3) is 4.07. The van der Waals surface area contributed by atoms with Crippen LogP contribution in [-0.4, -0.2) is 19.6 Å². The van der Waals surface area contributed by atoms with Crippen molar-refractivity contribution in [1.82, 2.24) is 0 Å². The second kappa shape index (κ2) is 9.45. The van der Waals surface area contributed by atoms with Crippen LogP contribution in [0, 0.1) is 20.8 Å². The van der Waals surface area contributed by atoms with E-state index in [2.05, 4.69) is 6.58 Å². The van der Waals surface area contributed by atoms with Crippen molar-refractivity contribution in [2.24, 2.45) is 0 Å². The predicted molar refractivity (Wildman–Crippen MR) is 145 cm³/mol. The van der Waals surface area contributed by atoms with Crippen LogP contribution in [0.4, 0.5) is 5.69 Å². The summed E-state index contributed by atoms with van der Waals surface area (Å²) < 4.78 is 17.4. The van der Waals surface area contributed by atoms with E-state index in [0.29, 0.717) is 45.3 Å². The Morgan fingerprint density at radius 3 is 2.46 bits per heavy atom. The van der Waals surface area contributed by atoms with Gasteiger partial charge in [-0.05, 0) is 79.4 Å². The zero-order chi connectivity index (χ0) is 26.4. The van der Waals surface area contributed by atoms with Crippen molar-refractivity contribution in [2.75, 3.05) is 18.6 Å². The molecular formula is C30H26ClNO5. The van der Waals surface area contributed by atoms with E-state index in [1.165, 1.54) is 7.11 Å². The summed E-state index contributed by atoms with van der Waals surface area (Å²) in [4.78, 5) is 29.4. The zero-order valence-electron chi connectivity index (χ0n) is 21.1. The van der Waals surface area contributed by atoms with Gasteiger partial charge in [-0.3, -0.25) is 14.5 Å². The van der Waals surface area contributed by atoms with Crippen LogP contribution in [0.3, 0.4) is 0 Å². The molecule has 0 bridgehead atoms. The average molecular weight is 516 g/mol. The zero-order valence-corrected chi connectivity index (χ0v) is 21.8. The Kier molecular flexibility index (Phi) is 6.30. The van der Waals surface area contributed by atoms with Crippen LogP contribution < -0.4 is 19.8 Å². The van der Waals surface area contributed by atoms with Crippen LogP contribution in [0.25, 0.3) is 11.0 Å². The highest BCUT2D eigenvalue weighted by Gasteiger charge is 2.44. The molecule has 3 aromatic carbocycles. The highest BCUT2D eigenvalue weighted by Crippen LogP contribution is 2.44. The minimum absolute atomic E-state index is 0.0217. The molecule has 1 unspecified atom stereocenters. The number of benzene rings is 3. The van der Waals surface area contributed by atoms with Gasteiger partial charge in [0.1, 0.15) is 12.2 Å². The van der Waals surface area contributed by atoms with Crippen LogP contribution in [0.15, 0.2) is 70.4 Å². The molecule has 0 radical (unpaired) electrons. The number of halogens is 1. The summed E-state index contributed by atoms with van der Waals surface area (Å²) in [6, 6.07) is 13.6. The first-order valence-electron chi connectivity index (χ1n) is 11.8. The molecule has 0 spiro atoms. The van der Waals surface area contributed by atoms with E-state index in [1.807, 2.05) is 45.0 Å². The summed E-state index contributed by atoms with van der Waals surface area (Å²) in [5, 5.41) is 0.947. The lowest BCUT2D eigenvalue weighted by Crippen LogP contribution is -2.29. The number of anilines is 1. The topological polar surface area (TPSA) is 69.0 Å². The summed E-state index contributed by atoms with van der Waals surface area (Å²) in [5.41, 5.74) is 4.45. The van der Waals surface area contributed by atoms with Gasteiger partial charge in [0.15, 0.2) is 16.9 Å². The highest BCUT2D eigenvalue weighted by atomic mass is 35.5. The van der Waals surface area contributed by atoms with Crippen molar-refractivity contribution >= 4 is 34.2 Å². The number of nitrogens with zero attached hydrogens (tertiary/aromatic N) is 1. The monoisotopic (exact) mass is 515 g/mol. The normalized spacial score (nSPS) is 14.7. The average Bonchev–Trinajstić information content (AvgIpc) is 3.18. The number of hydrogen-bond acceptors (Lipinski definition) is 5. The fraction of sp³-hybridized carbons (Fsp3) is 0.200. The van der Waals surface area contributed by atoms with Gasteiger partial charge in [0.2, 0.25) is 5.76 Å². The van der Waals surface area contributed by atoms with Crippen LogP contribution in [-0.2, 0) is 0 Å². The number of rotatable bonds is 6. The van der Waals surface area contributed by atoms with Crippen molar-refractivity contribution in [3.63, 3.8) is 0 Å². The van der Waals surface area contributed by atoms with Crippen molar-refractivity contribution in [1.29, 1.82) is 0 Å². The lowest BCUT2D eigenvalue weighted by molar-refractivity contribution is 0.0971. The Balaban J connectivity index is 1.78. The smallest absolute Gasteiger partial charge is 0.295 e. The molecule has 5 rings (SSSR count). The van der Waals surface area contributed by atoms with Crippen LogP contribution in [0.5, 0.6) is 11.5 Å². The maximum absolute atomic E-state index is 13.9. The van der Waals surface area contributed by atoms with Gasteiger partial charge in [0.05, 0.1) is 24.1 Å². The Bertz CT molecular complexity index is 1640. The third-order valence-electron chi connectivity index (χ3n) is 6.78. The Morgan fingerprint density at radius 2 is 1.76 bits per heavy atom. The molecule has 1 atom stereocenters. The van der Waals surface area contributed by atoms with Gasteiger partial charge in [-0.25, -0.2) is 0 Å². The van der Waals surface area contributed by atoms with E-state index in [1.54, 1.807) is 35.2 Å². The molecule has 1 aromatic heterocycles. The molecule has 7 heteroatoms. The van der Waals surface area contributed by atoms with Gasteiger partial charge in [-0.15, -0.1) is 0 Å². The number of fused-ring (bicyclic) bond motifs is 2. The number of ether oxygens (including phenoxy) is 2. The predicted octanol–water partition coefficient (Wildman–Crippen LogP) is 6.69. The van der Waals surface area contributed by atoms with E-state index >= 15 is 0 Å². The molecule has 37 heavy (non-hydrogen) atoms. The maximum atomic E-state index is 13.9. The van der Waals surface area contributed by atoms with Gasteiger partial charge >= 0.3 is 0 Å². The molecule has 4 aromatic rings. The molecule has 0 saturated heterocycles. The molecule has 188 valence electrons. The molecule has 0 aliphatic carbocycles. The molecule has 2 heterocycles. The van der Waals surface area contributed by atoms with Gasteiger partial charge in [-0.2, -0.15) is 0 Å². The van der Waals surface area contributed by atoms with Gasteiger partial charge in [-0.1, -0.05) is 36.4 Å². The summed E-state index contributed by atoms with van der Waals surface area (Å²) in [7, 11) is 1.54. The van der Waals surface area contributed by atoms with E-state index < -0.39 is 11.9 Å². The number of amides is 1. The summed E-state index contributed by atoms with van der Waals surface area (Å²) in [6.07, 6.45) is 1.64. The van der Waals surface area contributed by atoms with Crippen molar-refractivity contribution in [3.8, 4) is 11.5 Å². The summed E-state index contributed by atoms with van der Waals surface area (Å²) in [6.45, 7) is 9.76. The lowest BCUT2D eigenvalue weighted by Gasteiger charge is -2.26. The van der Waals surface area contributed by atoms with Crippen LogP contribution in [0.1, 0.15) is 44.4 Å². The SMILES string of the molecule is C=CCOc1ccc(C2c3c(oc4cc(C)c(C)cc4c3=O)C(=O)N2c2ccc(C)c(Cl)c2)cc1OC. The van der Waals surface area contributed by atoms with E-state index in [0.717, 1.165) is 16.7 Å². The van der Waals surface area contributed by atoms with Gasteiger partial charge in [0.25, 0.3) is 5.91 Å². The number of hydrogen-bond donors (Lipinski definition) is 0. The number of carbonyl (C=O) groups excluding carboxylic acids is 1. The maximum Gasteiger partial charge on any atom is 0.295 e. The van der Waals surface area contributed by atoms with Crippen molar-refractivity contribution < 1.29 is 18.7 Å². The standard InChI is InChI=1S/C30H26ClNO5/c1-6-11-36-23-10-8-19(14-25(23)35-5)27-26-28(33)21-12-17(3)18(4)13-24(21)37-29(26)30(34)32(27)20-9-7-16(2)22(31)15-20/h6-10,12-15,27H,1,11H2,2-5H3. The van der Waals surface area contributed by atoms with Crippen molar-refractivity contribution in [2.45, 2.75) is 26.8 Å². The summed E-state index contributed by atoms with van der Waals surface area (Å²) >= 11 is 6.45. The number of methoxy groups -OCH3 is 1. The third-order valence-corrected chi connectivity index (χ3v) is 7.19. The van der Waals surface area contributed by atoms with E-state index in [4.69, 9.17) is 25.5 Å². The highest BCUT2D eigenvalue weighted by molar-refractivity contribution is 6.31. The molecule has 0 N–H and O–H groups in total. The first-order valence-corrected chi connectivity index (χ1v) is 12.2. The molecule has 1 aliphatic rings. The molecule has 6 nitrogen and oxygen atoms in total. The van der Waals surface area contributed by atoms with E-state index in [-0.39, 0.29) is 16.8 Å². The number of aryl methyl sites for hydroxylation is 3. The van der Waals surface area contributed by atoms with Crippen LogP contribution in [0.2, 0.25) is 5.02 Å². The second-order valence-electron chi connectivity index (χ2n) is 9.13. The second-order valence-corrected chi connectivity index (χ2v) is 9.53. The molecule has 0 fully saturated rings. The Hall–Kier alpha value is -4.03. The first-order chi connectivity index (χ1) is 17.7. The fourth-order valence-electron chi connectivity index (χ4n) is 4.66. The Labute approximate surface area is 219 Å². The minimum atomic E-state index is -0.758. The van der Waals surface area contributed by atoms with Gasteiger partial charge in [0, 0.05) is 10.7 Å². The molecule has 0 saturated carbocycles. The summed E-state index contributed by atoms with van der Waals surface area (Å²) in [5.74, 6) is 0.604. The first kappa shape index (κ1) is 24.7. The quantitative estimate of drug-likeness (QED) is 0.267. The largest absolute Gasteiger partial charge is 0.493 e. The molecule has 1 aliphatic heterocycles. The number of carbonyl (C=O) groups is 1. The van der Waals surface area contributed by atoms with Gasteiger partial charge < -0.3 is 13.9 Å². The van der Waals surface area contributed by atoms with Crippen molar-refractivity contribution in [3.05, 3.63) is 110 Å². The Morgan fingerprint density at radius 1 is 1.00 bits per heavy atom. The van der Waals surface area contributed by atoms with E-state index in [9.17, 15) is 9.59 Å². The minimum Gasteiger partial charge on any atom is -0.493 e. The lowest BCUT2D eigenvalue weighted by atomic mass is 9.96. The fourth-order valence-corrected chi connectivity index (χ4v) is 4.84. The molecular weight excluding hydrogens is 490 g/mol. The van der Waals surface area contributed by atoms with Crippen LogP contribution >= 0.6 is 11.6 Å². The molecule has 1 amide bonds.